The molecule has 1 saturated carbocycles. The normalized spacial score (nSPS) is 30.4. The van der Waals surface area contributed by atoms with Crippen LogP contribution in [0, 0.1) is 11.3 Å². The Bertz CT molecular complexity index is 402. The van der Waals surface area contributed by atoms with Gasteiger partial charge in [-0.05, 0) is 51.4 Å². The van der Waals surface area contributed by atoms with E-state index in [0.717, 1.165) is 13.0 Å². The van der Waals surface area contributed by atoms with Crippen LogP contribution in [0.1, 0.15) is 59.3 Å². The Kier molecular flexibility index (Phi) is 4.32. The topological polar surface area (TPSA) is 46.2 Å². The Labute approximate surface area is 118 Å². The largest absolute Gasteiger partial charge is 0.312 e. The molecule has 1 atom stereocenters. The summed E-state index contributed by atoms with van der Waals surface area (Å²) in [5.41, 5.74) is 0.344. The van der Waals surface area contributed by atoms with Gasteiger partial charge in [0.2, 0.25) is 0 Å². The van der Waals surface area contributed by atoms with E-state index in [9.17, 15) is 8.42 Å². The second-order valence-electron chi connectivity index (χ2n) is 7.63. The van der Waals surface area contributed by atoms with E-state index in [1.165, 1.54) is 32.1 Å². The molecular formula is C15H29NO2S. The van der Waals surface area contributed by atoms with Gasteiger partial charge in [0, 0.05) is 12.1 Å². The molecule has 2 aliphatic rings. The molecule has 1 N–H and O–H groups in total. The first-order valence-corrected chi connectivity index (χ1v) is 9.50. The van der Waals surface area contributed by atoms with Crippen LogP contribution < -0.4 is 5.32 Å². The van der Waals surface area contributed by atoms with Crippen LogP contribution in [0.2, 0.25) is 0 Å². The van der Waals surface area contributed by atoms with Crippen molar-refractivity contribution in [3.8, 4) is 0 Å². The van der Waals surface area contributed by atoms with Crippen LogP contribution in [0.25, 0.3) is 0 Å². The van der Waals surface area contributed by atoms with Crippen molar-refractivity contribution < 1.29 is 8.42 Å². The molecule has 112 valence electrons. The highest BCUT2D eigenvalue weighted by molar-refractivity contribution is 7.91. The highest BCUT2D eigenvalue weighted by Crippen LogP contribution is 2.46. The summed E-state index contributed by atoms with van der Waals surface area (Å²) in [4.78, 5) is 0. The molecule has 19 heavy (non-hydrogen) atoms. The SMILES string of the molecule is CC(C)(C)NCC1(C2CCS(=O)(=O)C2)CCCCC1. The minimum Gasteiger partial charge on any atom is -0.312 e. The molecular weight excluding hydrogens is 258 g/mol. The summed E-state index contributed by atoms with van der Waals surface area (Å²) in [5.74, 6) is 1.22. The summed E-state index contributed by atoms with van der Waals surface area (Å²) in [6.45, 7) is 7.55. The maximum absolute atomic E-state index is 11.8. The molecule has 0 aromatic rings. The molecule has 0 aromatic carbocycles. The van der Waals surface area contributed by atoms with Crippen molar-refractivity contribution in [1.29, 1.82) is 0 Å². The third kappa shape index (κ3) is 3.94. The van der Waals surface area contributed by atoms with E-state index in [-0.39, 0.29) is 11.0 Å². The van der Waals surface area contributed by atoms with Crippen molar-refractivity contribution in [2.24, 2.45) is 11.3 Å². The minimum atomic E-state index is -2.76. The number of rotatable bonds is 3. The fourth-order valence-electron chi connectivity index (χ4n) is 3.70. The van der Waals surface area contributed by atoms with Crippen molar-refractivity contribution in [3.05, 3.63) is 0 Å². The standard InChI is InChI=1S/C15H29NO2S/c1-14(2,3)16-12-15(8-5-4-6-9-15)13-7-10-19(17,18)11-13/h13,16H,4-12H2,1-3H3. The Morgan fingerprint density at radius 3 is 2.26 bits per heavy atom. The lowest BCUT2D eigenvalue weighted by molar-refractivity contribution is 0.0984. The predicted octanol–water partition coefficient (Wildman–Crippen LogP) is 2.76. The van der Waals surface area contributed by atoms with Crippen LogP contribution in [0.15, 0.2) is 0 Å². The molecule has 1 heterocycles. The van der Waals surface area contributed by atoms with Gasteiger partial charge in [-0.2, -0.15) is 0 Å². The van der Waals surface area contributed by atoms with E-state index >= 15 is 0 Å². The summed E-state index contributed by atoms with van der Waals surface area (Å²) in [6, 6.07) is 0. The number of hydrogen-bond donors (Lipinski definition) is 1. The molecule has 1 aliphatic carbocycles. The Hall–Kier alpha value is -0.0900. The zero-order valence-electron chi connectivity index (χ0n) is 12.7. The first-order chi connectivity index (χ1) is 8.73. The first kappa shape index (κ1) is 15.3. The summed E-state index contributed by atoms with van der Waals surface area (Å²) in [7, 11) is -2.76. The third-order valence-corrected chi connectivity index (χ3v) is 6.69. The lowest BCUT2D eigenvalue weighted by atomic mass is 9.65. The van der Waals surface area contributed by atoms with Crippen molar-refractivity contribution in [2.75, 3.05) is 18.1 Å². The highest BCUT2D eigenvalue weighted by atomic mass is 32.2. The van der Waals surface area contributed by atoms with E-state index in [0.29, 0.717) is 17.4 Å². The summed E-state index contributed by atoms with van der Waals surface area (Å²) in [5, 5.41) is 3.64. The highest BCUT2D eigenvalue weighted by Gasteiger charge is 2.45. The third-order valence-electron chi connectivity index (χ3n) is 4.92. The van der Waals surface area contributed by atoms with Crippen LogP contribution in [-0.4, -0.2) is 32.0 Å². The Morgan fingerprint density at radius 2 is 1.79 bits per heavy atom. The maximum atomic E-state index is 11.8. The van der Waals surface area contributed by atoms with Crippen LogP contribution in [0.4, 0.5) is 0 Å². The molecule has 1 aliphatic heterocycles. The molecule has 2 rings (SSSR count). The zero-order chi connectivity index (χ0) is 14.1. The number of sulfone groups is 1. The Balaban J connectivity index is 2.11. The number of nitrogens with one attached hydrogen (secondary N) is 1. The number of hydrogen-bond acceptors (Lipinski definition) is 3. The van der Waals surface area contributed by atoms with Gasteiger partial charge < -0.3 is 5.32 Å². The molecule has 0 spiro atoms. The monoisotopic (exact) mass is 287 g/mol. The molecule has 0 bridgehead atoms. The Morgan fingerprint density at radius 1 is 1.16 bits per heavy atom. The summed E-state index contributed by atoms with van der Waals surface area (Å²) in [6.07, 6.45) is 7.14. The molecule has 2 fully saturated rings. The average Bonchev–Trinajstić information content (AvgIpc) is 2.68. The summed E-state index contributed by atoms with van der Waals surface area (Å²) >= 11 is 0. The fourth-order valence-corrected chi connectivity index (χ4v) is 5.65. The van der Waals surface area contributed by atoms with E-state index in [1.54, 1.807) is 0 Å². The van der Waals surface area contributed by atoms with Gasteiger partial charge >= 0.3 is 0 Å². The van der Waals surface area contributed by atoms with Crippen molar-refractivity contribution in [1.82, 2.24) is 5.32 Å². The van der Waals surface area contributed by atoms with Crippen LogP contribution in [0.5, 0.6) is 0 Å². The van der Waals surface area contributed by atoms with E-state index < -0.39 is 9.84 Å². The van der Waals surface area contributed by atoms with Crippen molar-refractivity contribution in [3.63, 3.8) is 0 Å². The second kappa shape index (κ2) is 5.36. The lowest BCUT2D eigenvalue weighted by Gasteiger charge is -2.44. The molecule has 4 heteroatoms. The van der Waals surface area contributed by atoms with Gasteiger partial charge in [-0.25, -0.2) is 8.42 Å². The molecule has 1 unspecified atom stereocenters. The van der Waals surface area contributed by atoms with Gasteiger partial charge in [-0.3, -0.25) is 0 Å². The smallest absolute Gasteiger partial charge is 0.150 e. The minimum absolute atomic E-state index is 0.113. The summed E-state index contributed by atoms with van der Waals surface area (Å²) < 4.78 is 23.6. The lowest BCUT2D eigenvalue weighted by Crippen LogP contribution is -2.48. The van der Waals surface area contributed by atoms with Gasteiger partial charge in [-0.1, -0.05) is 19.3 Å². The van der Waals surface area contributed by atoms with Crippen LogP contribution >= 0.6 is 0 Å². The molecule has 1 saturated heterocycles. The average molecular weight is 287 g/mol. The van der Waals surface area contributed by atoms with Crippen molar-refractivity contribution in [2.45, 2.75) is 64.8 Å². The van der Waals surface area contributed by atoms with Gasteiger partial charge in [0.15, 0.2) is 9.84 Å². The predicted molar refractivity (Wildman–Crippen MR) is 80.0 cm³/mol. The van der Waals surface area contributed by atoms with E-state index in [2.05, 4.69) is 26.1 Å². The quantitative estimate of drug-likeness (QED) is 0.868. The molecule has 0 aromatic heterocycles. The molecule has 0 radical (unpaired) electrons. The molecule has 3 nitrogen and oxygen atoms in total. The van der Waals surface area contributed by atoms with Crippen LogP contribution in [-0.2, 0) is 9.84 Å². The van der Waals surface area contributed by atoms with E-state index in [4.69, 9.17) is 0 Å². The van der Waals surface area contributed by atoms with Crippen molar-refractivity contribution >= 4 is 9.84 Å². The zero-order valence-corrected chi connectivity index (χ0v) is 13.5. The van der Waals surface area contributed by atoms with E-state index in [1.807, 2.05) is 0 Å². The fraction of sp³-hybridized carbons (Fsp3) is 1.00. The maximum Gasteiger partial charge on any atom is 0.150 e. The van der Waals surface area contributed by atoms with Gasteiger partial charge in [0.25, 0.3) is 0 Å². The van der Waals surface area contributed by atoms with Gasteiger partial charge in [0.1, 0.15) is 0 Å². The van der Waals surface area contributed by atoms with Gasteiger partial charge in [-0.15, -0.1) is 0 Å². The van der Waals surface area contributed by atoms with Crippen LogP contribution in [0.3, 0.4) is 0 Å². The first-order valence-electron chi connectivity index (χ1n) is 7.68. The second-order valence-corrected chi connectivity index (χ2v) is 9.86. The molecule has 0 amide bonds. The van der Waals surface area contributed by atoms with Gasteiger partial charge in [0.05, 0.1) is 11.5 Å².